The largest absolute Gasteiger partial charge is 0.488 e. The molecule has 3 heteroatoms. The Balaban J connectivity index is 1.77. The van der Waals surface area contributed by atoms with Gasteiger partial charge in [0.25, 0.3) is 0 Å². The van der Waals surface area contributed by atoms with Crippen LogP contribution in [0.1, 0.15) is 19.3 Å². The highest BCUT2D eigenvalue weighted by molar-refractivity contribution is 5.56. The van der Waals surface area contributed by atoms with Crippen LogP contribution in [0.25, 0.3) is 0 Å². The van der Waals surface area contributed by atoms with E-state index >= 15 is 0 Å². The Hall–Kier alpha value is -1.25. The molecular formula is C12H14N2O. The number of pyridine rings is 1. The molecule has 0 unspecified atom stereocenters. The van der Waals surface area contributed by atoms with E-state index in [1.54, 1.807) is 0 Å². The second kappa shape index (κ2) is 2.46. The van der Waals surface area contributed by atoms with E-state index in [2.05, 4.69) is 9.88 Å². The van der Waals surface area contributed by atoms with Crippen LogP contribution in [-0.4, -0.2) is 24.2 Å². The molecule has 1 aliphatic carbocycles. The van der Waals surface area contributed by atoms with Crippen LogP contribution < -0.4 is 9.64 Å². The van der Waals surface area contributed by atoms with Crippen molar-refractivity contribution in [3.63, 3.8) is 0 Å². The Morgan fingerprint density at radius 1 is 1.47 bits per heavy atom. The summed E-state index contributed by atoms with van der Waals surface area (Å²) in [5.41, 5.74) is 0.632. The summed E-state index contributed by atoms with van der Waals surface area (Å²) >= 11 is 0. The number of fused-ring (bicyclic) bond motifs is 3. The van der Waals surface area contributed by atoms with Crippen molar-refractivity contribution in [3.8, 4) is 5.75 Å². The fourth-order valence-corrected chi connectivity index (χ4v) is 3.00. The van der Waals surface area contributed by atoms with Crippen LogP contribution in [0.2, 0.25) is 0 Å². The highest BCUT2D eigenvalue weighted by Crippen LogP contribution is 2.56. The zero-order valence-corrected chi connectivity index (χ0v) is 8.65. The third-order valence-corrected chi connectivity index (χ3v) is 4.03. The maximum absolute atomic E-state index is 5.75. The lowest BCUT2D eigenvalue weighted by atomic mass is 10.0. The van der Waals surface area contributed by atoms with Crippen molar-refractivity contribution in [3.05, 3.63) is 18.3 Å². The molecule has 1 aromatic heterocycles. The van der Waals surface area contributed by atoms with Crippen molar-refractivity contribution in [2.75, 3.05) is 18.1 Å². The standard InChI is InChI=1S/C12H14N2O/c1-2-10-11(13-5-1)14-8-12(3-4-12)6-9(14)7-15-10/h1-2,5,9H,3-4,6-8H2/t9-/m0/s1. The average Bonchev–Trinajstić information content (AvgIpc) is 2.90. The molecule has 4 rings (SSSR count). The fraction of sp³-hybridized carbons (Fsp3) is 0.583. The summed E-state index contributed by atoms with van der Waals surface area (Å²) < 4.78 is 5.75. The van der Waals surface area contributed by atoms with Crippen molar-refractivity contribution in [2.24, 2.45) is 5.41 Å². The van der Waals surface area contributed by atoms with Gasteiger partial charge in [-0.2, -0.15) is 0 Å². The highest BCUT2D eigenvalue weighted by Gasteiger charge is 2.53. The monoisotopic (exact) mass is 202 g/mol. The summed E-state index contributed by atoms with van der Waals surface area (Å²) in [6.45, 7) is 2.05. The lowest BCUT2D eigenvalue weighted by Gasteiger charge is -2.31. The van der Waals surface area contributed by atoms with E-state index < -0.39 is 0 Å². The average molecular weight is 202 g/mol. The minimum Gasteiger partial charge on any atom is -0.488 e. The molecule has 1 spiro atoms. The van der Waals surface area contributed by atoms with E-state index in [-0.39, 0.29) is 0 Å². The Labute approximate surface area is 89.1 Å². The third-order valence-electron chi connectivity index (χ3n) is 4.03. The van der Waals surface area contributed by atoms with Crippen LogP contribution in [0, 0.1) is 5.41 Å². The van der Waals surface area contributed by atoms with Crippen molar-refractivity contribution in [2.45, 2.75) is 25.3 Å². The van der Waals surface area contributed by atoms with Crippen molar-refractivity contribution >= 4 is 5.82 Å². The maximum Gasteiger partial charge on any atom is 0.171 e. The first-order valence-corrected chi connectivity index (χ1v) is 5.71. The van der Waals surface area contributed by atoms with E-state index in [1.165, 1.54) is 25.8 Å². The SMILES string of the molecule is c1cnc2c(c1)OC[C@@H]1CC3(CC3)CN21. The van der Waals surface area contributed by atoms with Crippen LogP contribution in [0.15, 0.2) is 18.3 Å². The molecule has 2 fully saturated rings. The summed E-state index contributed by atoms with van der Waals surface area (Å²) in [5.74, 6) is 2.03. The molecule has 3 heterocycles. The van der Waals surface area contributed by atoms with E-state index in [0.29, 0.717) is 11.5 Å². The smallest absolute Gasteiger partial charge is 0.171 e. The molecule has 0 bridgehead atoms. The summed E-state index contributed by atoms with van der Waals surface area (Å²) in [6, 6.07) is 4.55. The van der Waals surface area contributed by atoms with E-state index in [0.717, 1.165) is 18.2 Å². The quantitative estimate of drug-likeness (QED) is 0.641. The van der Waals surface area contributed by atoms with Gasteiger partial charge in [0.1, 0.15) is 6.61 Å². The Morgan fingerprint density at radius 2 is 2.40 bits per heavy atom. The first-order valence-electron chi connectivity index (χ1n) is 5.71. The first kappa shape index (κ1) is 7.97. The molecule has 3 aliphatic rings. The molecule has 2 aliphatic heterocycles. The Morgan fingerprint density at radius 3 is 3.27 bits per heavy atom. The van der Waals surface area contributed by atoms with E-state index in [9.17, 15) is 0 Å². The fourth-order valence-electron chi connectivity index (χ4n) is 3.00. The van der Waals surface area contributed by atoms with Crippen molar-refractivity contribution in [1.82, 2.24) is 4.98 Å². The van der Waals surface area contributed by atoms with Gasteiger partial charge < -0.3 is 9.64 Å². The number of hydrogen-bond acceptors (Lipinski definition) is 3. The maximum atomic E-state index is 5.75. The summed E-state index contributed by atoms with van der Waals surface area (Å²) in [7, 11) is 0. The van der Waals surface area contributed by atoms with Gasteiger partial charge in [-0.3, -0.25) is 0 Å². The molecule has 1 aromatic rings. The molecule has 1 saturated heterocycles. The summed E-state index contributed by atoms with van der Waals surface area (Å²) in [6.07, 6.45) is 5.98. The highest BCUT2D eigenvalue weighted by atomic mass is 16.5. The summed E-state index contributed by atoms with van der Waals surface area (Å²) in [4.78, 5) is 6.92. The topological polar surface area (TPSA) is 25.4 Å². The van der Waals surface area contributed by atoms with Crippen LogP contribution in [-0.2, 0) is 0 Å². The second-order valence-electron chi connectivity index (χ2n) is 5.12. The number of rotatable bonds is 0. The van der Waals surface area contributed by atoms with Gasteiger partial charge in [0.2, 0.25) is 0 Å². The number of nitrogens with zero attached hydrogens (tertiary/aromatic N) is 2. The minimum atomic E-state index is 0.579. The van der Waals surface area contributed by atoms with Crippen LogP contribution in [0.3, 0.4) is 0 Å². The third kappa shape index (κ3) is 1.03. The van der Waals surface area contributed by atoms with Gasteiger partial charge in [-0.25, -0.2) is 4.98 Å². The zero-order valence-electron chi connectivity index (χ0n) is 8.65. The van der Waals surface area contributed by atoms with E-state index in [4.69, 9.17) is 4.74 Å². The minimum absolute atomic E-state index is 0.579. The lowest BCUT2D eigenvalue weighted by Crippen LogP contribution is -2.38. The van der Waals surface area contributed by atoms with Gasteiger partial charge in [0, 0.05) is 12.7 Å². The molecule has 1 saturated carbocycles. The van der Waals surface area contributed by atoms with Gasteiger partial charge in [0.05, 0.1) is 6.04 Å². The van der Waals surface area contributed by atoms with Gasteiger partial charge in [0.15, 0.2) is 11.6 Å². The molecule has 0 radical (unpaired) electrons. The van der Waals surface area contributed by atoms with Gasteiger partial charge in [-0.1, -0.05) is 0 Å². The van der Waals surface area contributed by atoms with Crippen LogP contribution in [0.5, 0.6) is 5.75 Å². The number of aromatic nitrogens is 1. The second-order valence-corrected chi connectivity index (χ2v) is 5.12. The predicted octanol–water partition coefficient (Wildman–Crippen LogP) is 1.83. The zero-order chi connectivity index (χ0) is 9.88. The van der Waals surface area contributed by atoms with Crippen LogP contribution in [0.4, 0.5) is 5.82 Å². The predicted molar refractivity (Wildman–Crippen MR) is 57.2 cm³/mol. The molecule has 15 heavy (non-hydrogen) atoms. The molecule has 0 amide bonds. The Kier molecular flexibility index (Phi) is 1.31. The van der Waals surface area contributed by atoms with Crippen molar-refractivity contribution < 1.29 is 4.74 Å². The molecule has 0 N–H and O–H groups in total. The lowest BCUT2D eigenvalue weighted by molar-refractivity contribution is 0.266. The Bertz CT molecular complexity index is 414. The molecular weight excluding hydrogens is 188 g/mol. The first-order chi connectivity index (χ1) is 7.36. The number of anilines is 1. The molecule has 78 valence electrons. The van der Waals surface area contributed by atoms with Gasteiger partial charge in [-0.05, 0) is 36.8 Å². The molecule has 3 nitrogen and oxygen atoms in total. The van der Waals surface area contributed by atoms with Crippen LogP contribution >= 0.6 is 0 Å². The van der Waals surface area contributed by atoms with Crippen molar-refractivity contribution in [1.29, 1.82) is 0 Å². The van der Waals surface area contributed by atoms with Gasteiger partial charge in [-0.15, -0.1) is 0 Å². The summed E-state index contributed by atoms with van der Waals surface area (Å²) in [5, 5.41) is 0. The number of ether oxygens (including phenoxy) is 1. The van der Waals surface area contributed by atoms with E-state index in [1.807, 2.05) is 18.3 Å². The molecule has 0 aromatic carbocycles. The molecule has 1 atom stereocenters. The normalized spacial score (nSPS) is 29.6. The van der Waals surface area contributed by atoms with Gasteiger partial charge >= 0.3 is 0 Å². The number of hydrogen-bond donors (Lipinski definition) is 0.